The summed E-state index contributed by atoms with van der Waals surface area (Å²) in [5.74, 6) is 2.34. The van der Waals surface area contributed by atoms with Crippen molar-refractivity contribution in [2.24, 2.45) is 5.73 Å². The minimum atomic E-state index is 0.343. The van der Waals surface area contributed by atoms with Gasteiger partial charge in [0.15, 0.2) is 0 Å². The Kier molecular flexibility index (Phi) is 4.25. The summed E-state index contributed by atoms with van der Waals surface area (Å²) in [5, 5.41) is 3.25. The van der Waals surface area contributed by atoms with Gasteiger partial charge >= 0.3 is 0 Å². The number of hydrogen-bond donors (Lipinski definition) is 2. The molecule has 0 bridgehead atoms. The predicted octanol–water partition coefficient (Wildman–Crippen LogP) is 1.01. The van der Waals surface area contributed by atoms with Crippen LogP contribution in [0, 0.1) is 0 Å². The molecule has 0 aliphatic heterocycles. The van der Waals surface area contributed by atoms with Gasteiger partial charge in [-0.25, -0.2) is 15.0 Å². The summed E-state index contributed by atoms with van der Waals surface area (Å²) >= 11 is 0. The number of anilines is 2. The Labute approximate surface area is 112 Å². The number of nitrogens with zero attached hydrogens (tertiary/aromatic N) is 4. The normalized spacial score (nSPS) is 10.3. The smallest absolute Gasteiger partial charge is 0.144 e. The molecule has 0 amide bonds. The van der Waals surface area contributed by atoms with Crippen LogP contribution in [0.1, 0.15) is 11.4 Å². The van der Waals surface area contributed by atoms with E-state index in [9.17, 15) is 0 Å². The zero-order valence-corrected chi connectivity index (χ0v) is 11.2. The Morgan fingerprint density at radius 3 is 2.74 bits per heavy atom. The van der Waals surface area contributed by atoms with E-state index in [-0.39, 0.29) is 0 Å². The number of pyridine rings is 1. The molecule has 6 nitrogen and oxygen atoms in total. The third kappa shape index (κ3) is 3.62. The Bertz CT molecular complexity index is 540. The maximum atomic E-state index is 5.51. The first kappa shape index (κ1) is 13.2. The van der Waals surface area contributed by atoms with Crippen molar-refractivity contribution in [1.29, 1.82) is 0 Å². The lowest BCUT2D eigenvalue weighted by atomic mass is 10.2. The van der Waals surface area contributed by atoms with Gasteiger partial charge in [-0.05, 0) is 23.8 Å². The van der Waals surface area contributed by atoms with E-state index in [1.54, 1.807) is 12.4 Å². The monoisotopic (exact) mass is 258 g/mol. The minimum absolute atomic E-state index is 0.343. The van der Waals surface area contributed by atoms with Gasteiger partial charge in [0.25, 0.3) is 0 Å². The van der Waals surface area contributed by atoms with Crippen molar-refractivity contribution in [2.75, 3.05) is 24.3 Å². The van der Waals surface area contributed by atoms with Gasteiger partial charge in [-0.15, -0.1) is 0 Å². The molecule has 100 valence electrons. The van der Waals surface area contributed by atoms with E-state index in [0.29, 0.717) is 18.9 Å². The highest BCUT2D eigenvalue weighted by Gasteiger charge is 2.01. The highest BCUT2D eigenvalue weighted by molar-refractivity contribution is 5.41. The zero-order chi connectivity index (χ0) is 13.7. The van der Waals surface area contributed by atoms with Gasteiger partial charge in [0.2, 0.25) is 0 Å². The van der Waals surface area contributed by atoms with Crippen LogP contribution in [0.5, 0.6) is 0 Å². The molecule has 6 heteroatoms. The lowest BCUT2D eigenvalue weighted by molar-refractivity contribution is 0.904. The first-order chi connectivity index (χ1) is 9.19. The highest BCUT2D eigenvalue weighted by atomic mass is 15.1. The van der Waals surface area contributed by atoms with E-state index in [1.807, 2.05) is 37.2 Å². The largest absolute Gasteiger partial charge is 0.366 e. The fourth-order valence-electron chi connectivity index (χ4n) is 1.60. The fraction of sp³-hybridized carbons (Fsp3) is 0.308. The Morgan fingerprint density at radius 1 is 1.21 bits per heavy atom. The molecule has 0 saturated carbocycles. The van der Waals surface area contributed by atoms with Crippen LogP contribution < -0.4 is 16.0 Å². The van der Waals surface area contributed by atoms with E-state index < -0.39 is 0 Å². The molecule has 2 rings (SSSR count). The zero-order valence-electron chi connectivity index (χ0n) is 11.2. The molecule has 19 heavy (non-hydrogen) atoms. The quantitative estimate of drug-likeness (QED) is 0.833. The molecule has 0 aliphatic rings. The summed E-state index contributed by atoms with van der Waals surface area (Å²) in [6.07, 6.45) is 3.51. The predicted molar refractivity (Wildman–Crippen MR) is 75.8 cm³/mol. The van der Waals surface area contributed by atoms with Crippen LogP contribution in [0.3, 0.4) is 0 Å². The number of nitrogens with two attached hydrogens (primary N) is 1. The van der Waals surface area contributed by atoms with E-state index in [4.69, 9.17) is 5.73 Å². The molecule has 0 radical (unpaired) electrons. The van der Waals surface area contributed by atoms with Crippen molar-refractivity contribution in [3.8, 4) is 0 Å². The molecule has 2 heterocycles. The summed E-state index contributed by atoms with van der Waals surface area (Å²) in [5.41, 5.74) is 6.66. The number of rotatable bonds is 5. The van der Waals surface area contributed by atoms with Crippen molar-refractivity contribution < 1.29 is 0 Å². The molecular formula is C13H18N6. The molecule has 2 aromatic rings. The molecule has 0 unspecified atom stereocenters. The second-order valence-electron chi connectivity index (χ2n) is 4.33. The Morgan fingerprint density at radius 2 is 2.00 bits per heavy atom. The van der Waals surface area contributed by atoms with Gasteiger partial charge in [0, 0.05) is 33.0 Å². The number of hydrogen-bond acceptors (Lipinski definition) is 6. The maximum absolute atomic E-state index is 5.51. The molecule has 0 atom stereocenters. The average molecular weight is 258 g/mol. The minimum Gasteiger partial charge on any atom is -0.366 e. The van der Waals surface area contributed by atoms with Gasteiger partial charge in [0.05, 0.1) is 6.54 Å². The fourth-order valence-corrected chi connectivity index (χ4v) is 1.60. The van der Waals surface area contributed by atoms with Crippen LogP contribution >= 0.6 is 0 Å². The van der Waals surface area contributed by atoms with Crippen LogP contribution in [0.25, 0.3) is 0 Å². The molecule has 2 aromatic heterocycles. The van der Waals surface area contributed by atoms with Crippen LogP contribution in [0.4, 0.5) is 11.6 Å². The molecular weight excluding hydrogens is 240 g/mol. The molecule has 0 aliphatic carbocycles. The summed E-state index contributed by atoms with van der Waals surface area (Å²) in [6, 6.07) is 5.84. The first-order valence-electron chi connectivity index (χ1n) is 6.07. The van der Waals surface area contributed by atoms with E-state index >= 15 is 0 Å². The van der Waals surface area contributed by atoms with Gasteiger partial charge in [0.1, 0.15) is 17.5 Å². The van der Waals surface area contributed by atoms with E-state index in [0.717, 1.165) is 17.2 Å². The van der Waals surface area contributed by atoms with Crippen LogP contribution in [-0.2, 0) is 13.1 Å². The van der Waals surface area contributed by atoms with Gasteiger partial charge in [-0.3, -0.25) is 0 Å². The molecule has 0 fully saturated rings. The van der Waals surface area contributed by atoms with E-state index in [2.05, 4.69) is 20.3 Å². The van der Waals surface area contributed by atoms with Gasteiger partial charge in [-0.1, -0.05) is 0 Å². The summed E-state index contributed by atoms with van der Waals surface area (Å²) in [7, 11) is 3.94. The Hall–Kier alpha value is -2.21. The SMILES string of the molecule is CN(C)c1cc(CNc2ccnc(CN)n2)ccn1. The number of aromatic nitrogens is 3. The number of nitrogens with one attached hydrogen (secondary N) is 1. The van der Waals surface area contributed by atoms with Crippen LogP contribution in [0.2, 0.25) is 0 Å². The van der Waals surface area contributed by atoms with Crippen molar-refractivity contribution in [1.82, 2.24) is 15.0 Å². The van der Waals surface area contributed by atoms with Gasteiger partial charge < -0.3 is 16.0 Å². The average Bonchev–Trinajstić information content (AvgIpc) is 2.45. The van der Waals surface area contributed by atoms with Crippen molar-refractivity contribution >= 4 is 11.6 Å². The standard InChI is InChI=1S/C13H18N6/c1-19(2)13-7-10(3-5-16-13)9-17-11-4-6-15-12(8-14)18-11/h3-7H,8-9,14H2,1-2H3,(H,15,17,18). The molecule has 0 aromatic carbocycles. The maximum Gasteiger partial charge on any atom is 0.144 e. The van der Waals surface area contributed by atoms with Crippen molar-refractivity contribution in [3.05, 3.63) is 42.0 Å². The molecule has 3 N–H and O–H groups in total. The van der Waals surface area contributed by atoms with Crippen molar-refractivity contribution in [3.63, 3.8) is 0 Å². The summed E-state index contributed by atoms with van der Waals surface area (Å²) < 4.78 is 0. The van der Waals surface area contributed by atoms with Crippen molar-refractivity contribution in [2.45, 2.75) is 13.1 Å². The van der Waals surface area contributed by atoms with Gasteiger partial charge in [-0.2, -0.15) is 0 Å². The molecule has 0 spiro atoms. The lowest BCUT2D eigenvalue weighted by Gasteiger charge is -2.12. The van der Waals surface area contributed by atoms with E-state index in [1.165, 1.54) is 0 Å². The topological polar surface area (TPSA) is 80.0 Å². The van der Waals surface area contributed by atoms with Crippen LogP contribution in [-0.4, -0.2) is 29.0 Å². The third-order valence-corrected chi connectivity index (χ3v) is 2.63. The highest BCUT2D eigenvalue weighted by Crippen LogP contribution is 2.11. The Balaban J connectivity index is 2.03. The van der Waals surface area contributed by atoms with Crippen LogP contribution in [0.15, 0.2) is 30.6 Å². The second kappa shape index (κ2) is 6.10. The second-order valence-corrected chi connectivity index (χ2v) is 4.33. The summed E-state index contributed by atoms with van der Waals surface area (Å²) in [4.78, 5) is 14.6. The lowest BCUT2D eigenvalue weighted by Crippen LogP contribution is -2.11. The third-order valence-electron chi connectivity index (χ3n) is 2.63. The first-order valence-corrected chi connectivity index (χ1v) is 6.07. The molecule has 0 saturated heterocycles. The summed E-state index contributed by atoms with van der Waals surface area (Å²) in [6.45, 7) is 1.03.